The minimum absolute atomic E-state index is 0.0396. The molecule has 0 saturated heterocycles. The summed E-state index contributed by atoms with van der Waals surface area (Å²) in [6, 6.07) is 4.17. The Balaban J connectivity index is 1.94. The fourth-order valence-corrected chi connectivity index (χ4v) is 4.70. The first-order valence-electron chi connectivity index (χ1n) is 10.7. The van der Waals surface area contributed by atoms with Crippen molar-refractivity contribution in [2.45, 2.75) is 84.6 Å². The molecule has 164 valence electrons. The average molecular weight is 424 g/mol. The van der Waals surface area contributed by atoms with E-state index in [0.717, 1.165) is 49.0 Å². The molecule has 1 amide bonds. The van der Waals surface area contributed by atoms with Gasteiger partial charge < -0.3 is 10.6 Å². The first-order valence-corrected chi connectivity index (χ1v) is 12.2. The molecule has 1 aromatic rings. The summed E-state index contributed by atoms with van der Waals surface area (Å²) in [5.74, 6) is 0.463. The molecule has 0 bridgehead atoms. The first kappa shape index (κ1) is 23.7. The minimum Gasteiger partial charge on any atom is -0.385 e. The Morgan fingerprint density at radius 3 is 2.24 bits per heavy atom. The molecular formula is C22H37N3O3S. The van der Waals surface area contributed by atoms with Crippen LogP contribution in [0.5, 0.6) is 0 Å². The second-order valence-electron chi connectivity index (χ2n) is 8.92. The molecule has 29 heavy (non-hydrogen) atoms. The highest BCUT2D eigenvalue weighted by Gasteiger charge is 2.26. The monoisotopic (exact) mass is 423 g/mol. The van der Waals surface area contributed by atoms with Gasteiger partial charge in [-0.25, -0.2) is 13.1 Å². The molecule has 0 spiro atoms. The minimum atomic E-state index is -3.21. The molecule has 1 aliphatic rings. The topological polar surface area (TPSA) is 87.3 Å². The van der Waals surface area contributed by atoms with E-state index in [9.17, 15) is 13.2 Å². The van der Waals surface area contributed by atoms with Crippen molar-refractivity contribution in [3.05, 3.63) is 28.8 Å². The van der Waals surface area contributed by atoms with Crippen LogP contribution in [0.2, 0.25) is 0 Å². The summed E-state index contributed by atoms with van der Waals surface area (Å²) < 4.78 is 27.0. The lowest BCUT2D eigenvalue weighted by Crippen LogP contribution is -2.41. The van der Waals surface area contributed by atoms with E-state index in [2.05, 4.69) is 21.4 Å². The van der Waals surface area contributed by atoms with Gasteiger partial charge in [0.25, 0.3) is 5.91 Å². The van der Waals surface area contributed by atoms with Crippen molar-refractivity contribution >= 4 is 21.6 Å². The van der Waals surface area contributed by atoms with Gasteiger partial charge in [0, 0.05) is 29.9 Å². The van der Waals surface area contributed by atoms with Crippen LogP contribution in [-0.2, 0) is 10.0 Å². The zero-order valence-electron chi connectivity index (χ0n) is 18.6. The number of hydrogen-bond donors (Lipinski definition) is 3. The van der Waals surface area contributed by atoms with E-state index in [0.29, 0.717) is 11.5 Å². The Morgan fingerprint density at radius 1 is 1.07 bits per heavy atom. The molecule has 6 nitrogen and oxygen atoms in total. The average Bonchev–Trinajstić information content (AvgIpc) is 2.62. The predicted molar refractivity (Wildman–Crippen MR) is 120 cm³/mol. The number of hydrogen-bond acceptors (Lipinski definition) is 4. The lowest BCUT2D eigenvalue weighted by molar-refractivity contribution is 0.0942. The van der Waals surface area contributed by atoms with Gasteiger partial charge in [0.1, 0.15) is 0 Å². The fraction of sp³-hybridized carbons (Fsp3) is 0.682. The largest absolute Gasteiger partial charge is 0.385 e. The number of carbonyl (C=O) groups excluding carboxylic acids is 1. The molecular weight excluding hydrogens is 386 g/mol. The highest BCUT2D eigenvalue weighted by molar-refractivity contribution is 7.90. The van der Waals surface area contributed by atoms with Gasteiger partial charge >= 0.3 is 0 Å². The second kappa shape index (κ2) is 9.94. The number of carbonyl (C=O) groups is 1. The molecule has 0 radical (unpaired) electrons. The smallest absolute Gasteiger partial charge is 0.251 e. The number of aryl methyl sites for hydroxylation is 1. The number of rotatable bonds is 8. The van der Waals surface area contributed by atoms with Crippen LogP contribution in [0.4, 0.5) is 5.69 Å². The second-order valence-corrected chi connectivity index (χ2v) is 11.2. The van der Waals surface area contributed by atoms with Gasteiger partial charge in [-0.05, 0) is 96.4 Å². The van der Waals surface area contributed by atoms with Crippen molar-refractivity contribution in [3.8, 4) is 0 Å². The lowest BCUT2D eigenvalue weighted by Gasteiger charge is -2.30. The molecule has 0 aliphatic heterocycles. The van der Waals surface area contributed by atoms with E-state index in [-0.39, 0.29) is 18.0 Å². The molecule has 3 N–H and O–H groups in total. The van der Waals surface area contributed by atoms with E-state index in [4.69, 9.17) is 0 Å². The van der Waals surface area contributed by atoms with Gasteiger partial charge in [-0.1, -0.05) is 0 Å². The summed E-state index contributed by atoms with van der Waals surface area (Å²) in [6.07, 6.45) is 3.72. The third-order valence-corrected chi connectivity index (χ3v) is 7.50. The van der Waals surface area contributed by atoms with Gasteiger partial charge in [0.15, 0.2) is 0 Å². The van der Waals surface area contributed by atoms with Gasteiger partial charge in [-0.3, -0.25) is 4.79 Å². The van der Waals surface area contributed by atoms with E-state index >= 15 is 0 Å². The Hall–Kier alpha value is -1.60. The summed E-state index contributed by atoms with van der Waals surface area (Å²) in [6.45, 7) is 12.1. The Kier molecular flexibility index (Phi) is 8.11. The van der Waals surface area contributed by atoms with Gasteiger partial charge in [0.05, 0.1) is 5.25 Å². The molecule has 1 aliphatic carbocycles. The normalized spacial score (nSPS) is 20.1. The molecule has 1 fully saturated rings. The quantitative estimate of drug-likeness (QED) is 0.594. The molecule has 0 heterocycles. The SMILES string of the molecule is Cc1cc(NC[C@H]2CC[C@H](NS(=O)(=O)C(C)C)CC2)c(C)c(C(=O)NC(C)C)c1. The summed E-state index contributed by atoms with van der Waals surface area (Å²) in [5, 5.41) is 6.11. The molecule has 0 aromatic heterocycles. The van der Waals surface area contributed by atoms with Crippen molar-refractivity contribution in [1.82, 2.24) is 10.0 Å². The van der Waals surface area contributed by atoms with Crippen LogP contribution in [0, 0.1) is 19.8 Å². The van der Waals surface area contributed by atoms with Crippen LogP contribution in [0.15, 0.2) is 12.1 Å². The number of amides is 1. The fourth-order valence-electron chi connectivity index (χ4n) is 3.73. The molecule has 1 saturated carbocycles. The number of benzene rings is 1. The molecule has 1 aromatic carbocycles. The van der Waals surface area contributed by atoms with Crippen LogP contribution in [0.25, 0.3) is 0 Å². The third kappa shape index (κ3) is 6.71. The number of anilines is 1. The molecule has 7 heteroatoms. The van der Waals surface area contributed by atoms with Gasteiger partial charge in [0.2, 0.25) is 10.0 Å². The van der Waals surface area contributed by atoms with Crippen LogP contribution in [0.1, 0.15) is 74.9 Å². The van der Waals surface area contributed by atoms with E-state index in [1.807, 2.05) is 33.8 Å². The first-order chi connectivity index (χ1) is 13.5. The Morgan fingerprint density at radius 2 is 1.69 bits per heavy atom. The summed E-state index contributed by atoms with van der Waals surface area (Å²) in [5.41, 5.74) is 3.74. The van der Waals surface area contributed by atoms with Crippen molar-refractivity contribution in [1.29, 1.82) is 0 Å². The third-order valence-electron chi connectivity index (χ3n) is 5.60. The zero-order chi connectivity index (χ0) is 21.8. The Labute approximate surface area is 176 Å². The standard InChI is InChI=1S/C22H37N3O3S/c1-14(2)24-22(26)20-11-16(5)12-21(17(20)6)23-13-18-7-9-19(10-8-18)25-29(27,28)15(3)4/h11-12,14-15,18-19,23,25H,7-10,13H2,1-6H3,(H,24,26)/t18-,19-. The summed E-state index contributed by atoms with van der Waals surface area (Å²) >= 11 is 0. The van der Waals surface area contributed by atoms with E-state index in [1.165, 1.54) is 0 Å². The van der Waals surface area contributed by atoms with Crippen LogP contribution in [0.3, 0.4) is 0 Å². The molecule has 0 unspecified atom stereocenters. The highest BCUT2D eigenvalue weighted by Crippen LogP contribution is 2.27. The van der Waals surface area contributed by atoms with E-state index in [1.54, 1.807) is 13.8 Å². The molecule has 0 atom stereocenters. The lowest BCUT2D eigenvalue weighted by atomic mass is 9.86. The maximum Gasteiger partial charge on any atom is 0.251 e. The summed E-state index contributed by atoms with van der Waals surface area (Å²) in [7, 11) is -3.21. The van der Waals surface area contributed by atoms with Gasteiger partial charge in [-0.15, -0.1) is 0 Å². The van der Waals surface area contributed by atoms with Crippen molar-refractivity contribution in [3.63, 3.8) is 0 Å². The number of nitrogens with one attached hydrogen (secondary N) is 3. The molecule has 2 rings (SSSR count). The summed E-state index contributed by atoms with van der Waals surface area (Å²) in [4.78, 5) is 12.5. The van der Waals surface area contributed by atoms with Crippen molar-refractivity contribution in [2.75, 3.05) is 11.9 Å². The van der Waals surface area contributed by atoms with Gasteiger partial charge in [-0.2, -0.15) is 0 Å². The van der Waals surface area contributed by atoms with Crippen LogP contribution in [-0.4, -0.2) is 38.2 Å². The van der Waals surface area contributed by atoms with Crippen molar-refractivity contribution < 1.29 is 13.2 Å². The highest BCUT2D eigenvalue weighted by atomic mass is 32.2. The van der Waals surface area contributed by atoms with E-state index < -0.39 is 15.3 Å². The maximum absolute atomic E-state index is 12.5. The predicted octanol–water partition coefficient (Wildman–Crippen LogP) is 3.74. The van der Waals surface area contributed by atoms with Crippen LogP contribution >= 0.6 is 0 Å². The number of sulfonamides is 1. The zero-order valence-corrected chi connectivity index (χ0v) is 19.4. The van der Waals surface area contributed by atoms with Crippen molar-refractivity contribution in [2.24, 2.45) is 5.92 Å². The Bertz CT molecular complexity index is 811. The van der Waals surface area contributed by atoms with Crippen LogP contribution < -0.4 is 15.4 Å². The maximum atomic E-state index is 12.5.